The number of hydrogen-bond acceptors (Lipinski definition) is 4. The molecule has 5 nitrogen and oxygen atoms in total. The van der Waals surface area contributed by atoms with Crippen LogP contribution in [0.5, 0.6) is 5.75 Å². The Balaban J connectivity index is 1.73. The van der Waals surface area contributed by atoms with Gasteiger partial charge >= 0.3 is 0 Å². The number of aromatic nitrogens is 2. The molecule has 0 radical (unpaired) electrons. The molecule has 0 aliphatic carbocycles. The summed E-state index contributed by atoms with van der Waals surface area (Å²) in [6.45, 7) is 1.53. The second-order valence-corrected chi connectivity index (χ2v) is 6.43. The molecule has 2 aromatic rings. The van der Waals surface area contributed by atoms with Crippen LogP contribution in [0.4, 0.5) is 5.69 Å². The van der Waals surface area contributed by atoms with Gasteiger partial charge < -0.3 is 9.64 Å². The maximum absolute atomic E-state index is 11.9. The van der Waals surface area contributed by atoms with Crippen LogP contribution in [0.1, 0.15) is 6.42 Å². The van der Waals surface area contributed by atoms with Crippen LogP contribution in [0.3, 0.4) is 0 Å². The van der Waals surface area contributed by atoms with E-state index in [9.17, 15) is 4.79 Å². The molecule has 1 atom stereocenters. The third kappa shape index (κ3) is 3.13. The minimum absolute atomic E-state index is 0.0643. The highest BCUT2D eigenvalue weighted by molar-refractivity contribution is 9.10. The van der Waals surface area contributed by atoms with Gasteiger partial charge in [0.2, 0.25) is 0 Å². The molecule has 22 heavy (non-hydrogen) atoms. The molecule has 0 bridgehead atoms. The zero-order valence-corrected chi connectivity index (χ0v) is 14.3. The highest BCUT2D eigenvalue weighted by Crippen LogP contribution is 2.27. The van der Waals surface area contributed by atoms with Crippen LogP contribution in [0.2, 0.25) is 5.02 Å². The quantitative estimate of drug-likeness (QED) is 0.816. The topological polar surface area (TPSA) is 47.4 Å². The molecule has 0 amide bonds. The molecule has 1 fully saturated rings. The van der Waals surface area contributed by atoms with Crippen molar-refractivity contribution >= 4 is 33.2 Å². The molecule has 1 aromatic carbocycles. The highest BCUT2D eigenvalue weighted by atomic mass is 79.9. The molecule has 0 N–H and O–H groups in total. The summed E-state index contributed by atoms with van der Waals surface area (Å²) in [5.41, 5.74) is 0.664. The van der Waals surface area contributed by atoms with Crippen LogP contribution < -0.4 is 15.2 Å². The van der Waals surface area contributed by atoms with E-state index in [-0.39, 0.29) is 11.7 Å². The van der Waals surface area contributed by atoms with Crippen LogP contribution >= 0.6 is 27.5 Å². The Labute approximate surface area is 141 Å². The lowest BCUT2D eigenvalue weighted by atomic mass is 10.3. The third-order valence-corrected chi connectivity index (χ3v) is 4.62. The Morgan fingerprint density at radius 2 is 2.27 bits per heavy atom. The first-order valence-corrected chi connectivity index (χ1v) is 8.10. The molecule has 1 unspecified atom stereocenters. The molecule has 1 aliphatic heterocycles. The summed E-state index contributed by atoms with van der Waals surface area (Å²) in [4.78, 5) is 14.0. The maximum atomic E-state index is 11.9. The Bertz CT molecular complexity index is 750. The molecular formula is C15H15BrClN3O2. The van der Waals surface area contributed by atoms with E-state index in [0.29, 0.717) is 16.0 Å². The normalized spacial score (nSPS) is 17.8. The zero-order valence-electron chi connectivity index (χ0n) is 12.0. The first-order chi connectivity index (χ1) is 10.5. The van der Waals surface area contributed by atoms with Gasteiger partial charge in [-0.05, 0) is 34.1 Å². The van der Waals surface area contributed by atoms with Crippen LogP contribution in [0.25, 0.3) is 0 Å². The summed E-state index contributed by atoms with van der Waals surface area (Å²) in [7, 11) is 1.63. The zero-order chi connectivity index (χ0) is 15.7. The molecule has 1 aromatic heterocycles. The second kappa shape index (κ2) is 6.30. The van der Waals surface area contributed by atoms with Gasteiger partial charge in [0.1, 0.15) is 16.3 Å². The van der Waals surface area contributed by atoms with Crippen LogP contribution in [-0.2, 0) is 7.05 Å². The van der Waals surface area contributed by atoms with Crippen molar-refractivity contribution in [2.45, 2.75) is 12.5 Å². The van der Waals surface area contributed by atoms with E-state index in [1.807, 2.05) is 18.2 Å². The first-order valence-electron chi connectivity index (χ1n) is 6.93. The number of nitrogens with zero attached hydrogens (tertiary/aromatic N) is 3. The summed E-state index contributed by atoms with van der Waals surface area (Å²) >= 11 is 9.33. The Hall–Kier alpha value is -1.53. The van der Waals surface area contributed by atoms with Crippen molar-refractivity contribution in [3.8, 4) is 5.75 Å². The van der Waals surface area contributed by atoms with Gasteiger partial charge in [-0.15, -0.1) is 0 Å². The van der Waals surface area contributed by atoms with E-state index >= 15 is 0 Å². The van der Waals surface area contributed by atoms with Crippen LogP contribution in [0, 0.1) is 0 Å². The lowest BCUT2D eigenvalue weighted by Crippen LogP contribution is -2.28. The molecule has 7 heteroatoms. The third-order valence-electron chi connectivity index (χ3n) is 3.64. The SMILES string of the molecule is Cn1ncc(N2CCC(Oc3cccc(Cl)c3)C2)c(Br)c1=O. The molecular weight excluding hydrogens is 370 g/mol. The van der Waals surface area contributed by atoms with Crippen molar-refractivity contribution in [2.24, 2.45) is 7.05 Å². The monoisotopic (exact) mass is 383 g/mol. The highest BCUT2D eigenvalue weighted by Gasteiger charge is 2.26. The number of ether oxygens (including phenoxy) is 1. The Morgan fingerprint density at radius 1 is 1.45 bits per heavy atom. The largest absolute Gasteiger partial charge is 0.488 e. The average Bonchev–Trinajstić information content (AvgIpc) is 2.93. The van der Waals surface area contributed by atoms with Crippen molar-refractivity contribution in [2.75, 3.05) is 18.0 Å². The molecule has 1 saturated heterocycles. The lowest BCUT2D eigenvalue weighted by molar-refractivity contribution is 0.225. The summed E-state index contributed by atoms with van der Waals surface area (Å²) in [5.74, 6) is 0.764. The van der Waals surface area contributed by atoms with E-state index in [2.05, 4.69) is 25.9 Å². The Kier molecular flexibility index (Phi) is 4.40. The molecule has 3 rings (SSSR count). The molecule has 2 heterocycles. The van der Waals surface area contributed by atoms with Gasteiger partial charge in [-0.3, -0.25) is 4.79 Å². The lowest BCUT2D eigenvalue weighted by Gasteiger charge is -2.20. The van der Waals surface area contributed by atoms with E-state index in [0.717, 1.165) is 24.4 Å². The van der Waals surface area contributed by atoms with E-state index in [4.69, 9.17) is 16.3 Å². The molecule has 0 saturated carbocycles. The smallest absolute Gasteiger partial charge is 0.282 e. The van der Waals surface area contributed by atoms with Crippen LogP contribution in [0.15, 0.2) is 39.7 Å². The summed E-state index contributed by atoms with van der Waals surface area (Å²) < 4.78 is 7.80. The fraction of sp³-hybridized carbons (Fsp3) is 0.333. The minimum atomic E-state index is -0.142. The van der Waals surface area contributed by atoms with E-state index < -0.39 is 0 Å². The number of anilines is 1. The number of rotatable bonds is 3. The van der Waals surface area contributed by atoms with E-state index in [1.54, 1.807) is 19.3 Å². The van der Waals surface area contributed by atoms with Crippen molar-refractivity contribution in [3.05, 3.63) is 50.3 Å². The van der Waals surface area contributed by atoms with Crippen molar-refractivity contribution in [1.82, 2.24) is 9.78 Å². The van der Waals surface area contributed by atoms with E-state index in [1.165, 1.54) is 4.68 Å². The van der Waals surface area contributed by atoms with Gasteiger partial charge in [-0.2, -0.15) is 5.10 Å². The van der Waals surface area contributed by atoms with Gasteiger partial charge in [0.05, 0.1) is 18.4 Å². The van der Waals surface area contributed by atoms with Crippen molar-refractivity contribution < 1.29 is 4.74 Å². The summed E-state index contributed by atoms with van der Waals surface area (Å²) in [6.07, 6.45) is 2.65. The predicted molar refractivity (Wildman–Crippen MR) is 89.9 cm³/mol. The van der Waals surface area contributed by atoms with Crippen LogP contribution in [-0.4, -0.2) is 29.0 Å². The van der Waals surface area contributed by atoms with Gasteiger partial charge in [-0.25, -0.2) is 4.68 Å². The van der Waals surface area contributed by atoms with Crippen molar-refractivity contribution in [3.63, 3.8) is 0 Å². The predicted octanol–water partition coefficient (Wildman–Crippen LogP) is 2.85. The number of benzene rings is 1. The average molecular weight is 385 g/mol. The number of halogens is 2. The first kappa shape index (κ1) is 15.4. The molecule has 116 valence electrons. The second-order valence-electron chi connectivity index (χ2n) is 5.20. The summed E-state index contributed by atoms with van der Waals surface area (Å²) in [5, 5.41) is 4.74. The minimum Gasteiger partial charge on any atom is -0.488 e. The summed E-state index contributed by atoms with van der Waals surface area (Å²) in [6, 6.07) is 7.38. The molecule has 1 aliphatic rings. The van der Waals surface area contributed by atoms with Gasteiger partial charge in [0, 0.05) is 25.0 Å². The van der Waals surface area contributed by atoms with Crippen molar-refractivity contribution in [1.29, 1.82) is 0 Å². The van der Waals surface area contributed by atoms with Gasteiger partial charge in [0.25, 0.3) is 5.56 Å². The standard InChI is InChI=1S/C15H15BrClN3O2/c1-19-15(21)14(16)13(8-18-19)20-6-5-12(9-20)22-11-4-2-3-10(17)7-11/h2-4,7-8,12H,5-6,9H2,1H3. The fourth-order valence-electron chi connectivity index (χ4n) is 2.50. The fourth-order valence-corrected chi connectivity index (χ4v) is 3.29. The number of aryl methyl sites for hydroxylation is 1. The number of hydrogen-bond donors (Lipinski definition) is 0. The molecule has 0 spiro atoms. The van der Waals surface area contributed by atoms with Gasteiger partial charge in [0.15, 0.2) is 0 Å². The maximum Gasteiger partial charge on any atom is 0.282 e. The Morgan fingerprint density at radius 3 is 3.05 bits per heavy atom. The van der Waals surface area contributed by atoms with Gasteiger partial charge in [-0.1, -0.05) is 17.7 Å².